The summed E-state index contributed by atoms with van der Waals surface area (Å²) in [4.78, 5) is 22.9. The van der Waals surface area contributed by atoms with E-state index in [1.165, 1.54) is 0 Å². The maximum absolute atomic E-state index is 11.5. The molecule has 1 fully saturated rings. The molecule has 104 valence electrons. The SMILES string of the molecule is CCOC(=O)CC1(CNC(=O)OC(C)(C)C)CC1. The van der Waals surface area contributed by atoms with Crippen LogP contribution in [0, 0.1) is 5.41 Å². The molecule has 0 spiro atoms. The molecule has 0 aromatic heterocycles. The summed E-state index contributed by atoms with van der Waals surface area (Å²) in [6.45, 7) is 8.11. The molecule has 0 aliphatic heterocycles. The van der Waals surface area contributed by atoms with Gasteiger partial charge in [-0.05, 0) is 46.0 Å². The van der Waals surface area contributed by atoms with E-state index in [4.69, 9.17) is 9.47 Å². The van der Waals surface area contributed by atoms with Crippen LogP contribution in [0.1, 0.15) is 47.0 Å². The van der Waals surface area contributed by atoms with Crippen molar-refractivity contribution >= 4 is 12.1 Å². The Morgan fingerprint density at radius 2 is 1.89 bits per heavy atom. The third-order valence-corrected chi connectivity index (χ3v) is 2.79. The standard InChI is InChI=1S/C13H23NO4/c1-5-17-10(15)8-13(6-7-13)9-14-11(16)18-12(2,3)4/h5-9H2,1-4H3,(H,14,16). The smallest absolute Gasteiger partial charge is 0.407 e. The van der Waals surface area contributed by atoms with Crippen LogP contribution >= 0.6 is 0 Å². The monoisotopic (exact) mass is 257 g/mol. The molecule has 0 bridgehead atoms. The Morgan fingerprint density at radius 1 is 1.28 bits per heavy atom. The molecule has 0 radical (unpaired) electrons. The van der Waals surface area contributed by atoms with Crippen molar-refractivity contribution in [3.05, 3.63) is 0 Å². The number of carbonyl (C=O) groups excluding carboxylic acids is 2. The Labute approximate surface area is 108 Å². The fourth-order valence-corrected chi connectivity index (χ4v) is 1.68. The number of esters is 1. The van der Waals surface area contributed by atoms with Gasteiger partial charge in [0.25, 0.3) is 0 Å². The van der Waals surface area contributed by atoms with E-state index >= 15 is 0 Å². The summed E-state index contributed by atoms with van der Waals surface area (Å²) in [7, 11) is 0. The van der Waals surface area contributed by atoms with Crippen LogP contribution in [0.15, 0.2) is 0 Å². The zero-order chi connectivity index (χ0) is 13.8. The number of alkyl carbamates (subject to hydrolysis) is 1. The summed E-state index contributed by atoms with van der Waals surface area (Å²) in [5.74, 6) is -0.194. The van der Waals surface area contributed by atoms with Crippen molar-refractivity contribution in [2.75, 3.05) is 13.2 Å². The maximum Gasteiger partial charge on any atom is 0.407 e. The van der Waals surface area contributed by atoms with Gasteiger partial charge >= 0.3 is 12.1 Å². The van der Waals surface area contributed by atoms with E-state index in [0.29, 0.717) is 19.6 Å². The van der Waals surface area contributed by atoms with Gasteiger partial charge in [-0.15, -0.1) is 0 Å². The van der Waals surface area contributed by atoms with Crippen LogP contribution in [0.2, 0.25) is 0 Å². The van der Waals surface area contributed by atoms with Crippen molar-refractivity contribution in [2.45, 2.75) is 52.6 Å². The van der Waals surface area contributed by atoms with Crippen LogP contribution in [0.5, 0.6) is 0 Å². The van der Waals surface area contributed by atoms with Crippen molar-refractivity contribution in [1.82, 2.24) is 5.32 Å². The maximum atomic E-state index is 11.5. The molecule has 5 nitrogen and oxygen atoms in total. The number of ether oxygens (including phenoxy) is 2. The van der Waals surface area contributed by atoms with E-state index < -0.39 is 11.7 Å². The van der Waals surface area contributed by atoms with Gasteiger partial charge in [0.15, 0.2) is 0 Å². The van der Waals surface area contributed by atoms with Crippen molar-refractivity contribution in [1.29, 1.82) is 0 Å². The van der Waals surface area contributed by atoms with Gasteiger partial charge in [-0.1, -0.05) is 0 Å². The van der Waals surface area contributed by atoms with Crippen LogP contribution in [-0.4, -0.2) is 30.8 Å². The number of amides is 1. The number of rotatable bonds is 5. The van der Waals surface area contributed by atoms with Crippen molar-refractivity contribution in [2.24, 2.45) is 5.41 Å². The highest BCUT2D eigenvalue weighted by atomic mass is 16.6. The third kappa shape index (κ3) is 5.38. The van der Waals surface area contributed by atoms with E-state index in [1.807, 2.05) is 20.8 Å². The van der Waals surface area contributed by atoms with Crippen molar-refractivity contribution in [3.8, 4) is 0 Å². The molecule has 0 aromatic rings. The molecule has 1 amide bonds. The molecule has 1 saturated carbocycles. The predicted octanol–water partition coefficient (Wildman–Crippen LogP) is 2.24. The van der Waals surface area contributed by atoms with Gasteiger partial charge < -0.3 is 14.8 Å². The first-order valence-electron chi connectivity index (χ1n) is 6.39. The molecule has 0 unspecified atom stereocenters. The van der Waals surface area contributed by atoms with E-state index in [-0.39, 0.29) is 11.4 Å². The van der Waals surface area contributed by atoms with E-state index in [9.17, 15) is 9.59 Å². The molecule has 1 aliphatic rings. The molecule has 0 aromatic carbocycles. The van der Waals surface area contributed by atoms with Crippen molar-refractivity contribution < 1.29 is 19.1 Å². The molecule has 0 atom stereocenters. The fourth-order valence-electron chi connectivity index (χ4n) is 1.68. The second kappa shape index (κ2) is 5.59. The van der Waals surface area contributed by atoms with Gasteiger partial charge in [-0.3, -0.25) is 4.79 Å². The first kappa shape index (κ1) is 14.8. The molecule has 1 rings (SSSR count). The minimum absolute atomic E-state index is 0.108. The first-order chi connectivity index (χ1) is 8.26. The van der Waals surface area contributed by atoms with Gasteiger partial charge in [0, 0.05) is 6.54 Å². The Hall–Kier alpha value is -1.26. The zero-order valence-corrected chi connectivity index (χ0v) is 11.7. The van der Waals surface area contributed by atoms with E-state index in [0.717, 1.165) is 12.8 Å². The summed E-state index contributed by atoms with van der Waals surface area (Å²) in [5, 5.41) is 2.72. The Kier molecular flexibility index (Phi) is 4.59. The Bertz CT molecular complexity index is 315. The molecule has 1 aliphatic carbocycles. The van der Waals surface area contributed by atoms with Gasteiger partial charge in [-0.25, -0.2) is 4.79 Å². The van der Waals surface area contributed by atoms with Gasteiger partial charge in [0.2, 0.25) is 0 Å². The summed E-state index contributed by atoms with van der Waals surface area (Å²) < 4.78 is 10.1. The molecule has 0 heterocycles. The minimum Gasteiger partial charge on any atom is -0.466 e. The van der Waals surface area contributed by atoms with Crippen LogP contribution in [0.4, 0.5) is 4.79 Å². The highest BCUT2D eigenvalue weighted by Gasteiger charge is 2.45. The lowest BCUT2D eigenvalue weighted by Crippen LogP contribution is -2.36. The largest absolute Gasteiger partial charge is 0.466 e. The lowest BCUT2D eigenvalue weighted by Gasteiger charge is -2.21. The summed E-state index contributed by atoms with van der Waals surface area (Å²) in [6.07, 6.45) is 1.83. The lowest BCUT2D eigenvalue weighted by molar-refractivity contribution is -0.144. The first-order valence-corrected chi connectivity index (χ1v) is 6.39. The number of hydrogen-bond donors (Lipinski definition) is 1. The number of nitrogens with one attached hydrogen (secondary N) is 1. The van der Waals surface area contributed by atoms with Gasteiger partial charge in [-0.2, -0.15) is 0 Å². The number of carbonyl (C=O) groups is 2. The predicted molar refractivity (Wildman–Crippen MR) is 67.2 cm³/mol. The second-order valence-corrected chi connectivity index (χ2v) is 5.84. The highest BCUT2D eigenvalue weighted by molar-refractivity contribution is 5.71. The van der Waals surface area contributed by atoms with Crippen LogP contribution in [-0.2, 0) is 14.3 Å². The molecular formula is C13H23NO4. The lowest BCUT2D eigenvalue weighted by atomic mass is 10.0. The number of hydrogen-bond acceptors (Lipinski definition) is 4. The molecular weight excluding hydrogens is 234 g/mol. The van der Waals surface area contributed by atoms with Gasteiger partial charge in [0.05, 0.1) is 13.0 Å². The van der Waals surface area contributed by atoms with Crippen LogP contribution in [0.25, 0.3) is 0 Å². The highest BCUT2D eigenvalue weighted by Crippen LogP contribution is 2.48. The Balaban J connectivity index is 2.30. The zero-order valence-electron chi connectivity index (χ0n) is 11.7. The average molecular weight is 257 g/mol. The van der Waals surface area contributed by atoms with Crippen LogP contribution < -0.4 is 5.32 Å². The van der Waals surface area contributed by atoms with Gasteiger partial charge in [0.1, 0.15) is 5.60 Å². The molecule has 5 heteroatoms. The van der Waals surface area contributed by atoms with E-state index in [1.54, 1.807) is 6.92 Å². The Morgan fingerprint density at radius 3 is 2.33 bits per heavy atom. The third-order valence-electron chi connectivity index (χ3n) is 2.79. The van der Waals surface area contributed by atoms with E-state index in [2.05, 4.69) is 5.32 Å². The van der Waals surface area contributed by atoms with Crippen molar-refractivity contribution in [3.63, 3.8) is 0 Å². The quantitative estimate of drug-likeness (QED) is 0.767. The fraction of sp³-hybridized carbons (Fsp3) is 0.846. The molecule has 0 saturated heterocycles. The normalized spacial score (nSPS) is 16.9. The molecule has 1 N–H and O–H groups in total. The minimum atomic E-state index is -0.498. The summed E-state index contributed by atoms with van der Waals surface area (Å²) >= 11 is 0. The average Bonchev–Trinajstić information content (AvgIpc) is 2.93. The summed E-state index contributed by atoms with van der Waals surface area (Å²) in [5.41, 5.74) is -0.606. The topological polar surface area (TPSA) is 64.6 Å². The molecule has 18 heavy (non-hydrogen) atoms. The van der Waals surface area contributed by atoms with Crippen LogP contribution in [0.3, 0.4) is 0 Å². The second-order valence-electron chi connectivity index (χ2n) is 5.84. The summed E-state index contributed by atoms with van der Waals surface area (Å²) in [6, 6.07) is 0.